The van der Waals surface area contributed by atoms with Gasteiger partial charge in [-0.2, -0.15) is 13.2 Å². The lowest BCUT2D eigenvalue weighted by atomic mass is 10.1. The third-order valence-corrected chi connectivity index (χ3v) is 2.25. The summed E-state index contributed by atoms with van der Waals surface area (Å²) in [7, 11) is 0. The van der Waals surface area contributed by atoms with Gasteiger partial charge in [0.05, 0.1) is 5.03 Å². The summed E-state index contributed by atoms with van der Waals surface area (Å²) in [6.45, 7) is 0. The van der Waals surface area contributed by atoms with Crippen molar-refractivity contribution in [1.82, 2.24) is 4.98 Å². The monoisotopic (exact) mass is 223 g/mol. The van der Waals surface area contributed by atoms with E-state index in [1.54, 1.807) is 6.26 Å². The fourth-order valence-corrected chi connectivity index (χ4v) is 1.23. The van der Waals surface area contributed by atoms with Crippen LogP contribution >= 0.6 is 11.8 Å². The van der Waals surface area contributed by atoms with E-state index < -0.39 is 12.3 Å². The van der Waals surface area contributed by atoms with Gasteiger partial charge in [-0.1, -0.05) is 6.07 Å². The Kier molecular flexibility index (Phi) is 3.38. The highest BCUT2D eigenvalue weighted by atomic mass is 32.2. The molecular formula is C8H8F3NOS. The van der Waals surface area contributed by atoms with Gasteiger partial charge in [0.1, 0.15) is 0 Å². The minimum Gasteiger partial charge on any atom is -0.379 e. The van der Waals surface area contributed by atoms with Crippen LogP contribution in [0.1, 0.15) is 11.7 Å². The van der Waals surface area contributed by atoms with Gasteiger partial charge < -0.3 is 5.11 Å². The quantitative estimate of drug-likeness (QED) is 0.781. The molecule has 1 atom stereocenters. The average Bonchev–Trinajstić information content (AvgIpc) is 2.15. The van der Waals surface area contributed by atoms with Crippen LogP contribution in [0.4, 0.5) is 13.2 Å². The van der Waals surface area contributed by atoms with Crippen molar-refractivity contribution in [3.63, 3.8) is 0 Å². The lowest BCUT2D eigenvalue weighted by Crippen LogP contribution is -2.20. The van der Waals surface area contributed by atoms with Crippen LogP contribution in [0.3, 0.4) is 0 Å². The largest absolute Gasteiger partial charge is 0.418 e. The van der Waals surface area contributed by atoms with Crippen molar-refractivity contribution in [3.8, 4) is 0 Å². The smallest absolute Gasteiger partial charge is 0.379 e. The van der Waals surface area contributed by atoms with Crippen molar-refractivity contribution in [2.45, 2.75) is 17.3 Å². The Hall–Kier alpha value is -0.750. The maximum Gasteiger partial charge on any atom is 0.418 e. The second kappa shape index (κ2) is 4.18. The van der Waals surface area contributed by atoms with Crippen molar-refractivity contribution < 1.29 is 18.3 Å². The zero-order chi connectivity index (χ0) is 10.8. The summed E-state index contributed by atoms with van der Waals surface area (Å²) in [5.74, 6) is 0. The van der Waals surface area contributed by atoms with Crippen molar-refractivity contribution in [2.75, 3.05) is 6.26 Å². The summed E-state index contributed by atoms with van der Waals surface area (Å²) in [5, 5.41) is 9.46. The molecule has 1 heterocycles. The molecule has 1 aromatic heterocycles. The average molecular weight is 223 g/mol. The van der Waals surface area contributed by atoms with Crippen LogP contribution in [0.25, 0.3) is 0 Å². The van der Waals surface area contributed by atoms with Crippen molar-refractivity contribution in [2.24, 2.45) is 0 Å². The Morgan fingerprint density at radius 1 is 1.43 bits per heavy atom. The lowest BCUT2D eigenvalue weighted by molar-refractivity contribution is -0.206. The number of hydrogen-bond acceptors (Lipinski definition) is 3. The van der Waals surface area contributed by atoms with Gasteiger partial charge in [-0.3, -0.25) is 0 Å². The number of aliphatic hydroxyl groups is 1. The van der Waals surface area contributed by atoms with E-state index in [9.17, 15) is 13.2 Å². The molecule has 0 aromatic carbocycles. The highest BCUT2D eigenvalue weighted by Crippen LogP contribution is 2.32. The first-order valence-corrected chi connectivity index (χ1v) is 4.92. The topological polar surface area (TPSA) is 33.1 Å². The number of nitrogens with zero attached hydrogens (tertiary/aromatic N) is 1. The van der Waals surface area contributed by atoms with E-state index >= 15 is 0 Å². The number of rotatable bonds is 2. The minimum absolute atomic E-state index is 0.240. The first-order valence-electron chi connectivity index (χ1n) is 3.70. The Labute approximate surface area is 83.2 Å². The van der Waals surface area contributed by atoms with Crippen molar-refractivity contribution in [3.05, 3.63) is 23.9 Å². The molecule has 0 amide bonds. The maximum atomic E-state index is 12.0. The molecule has 14 heavy (non-hydrogen) atoms. The first kappa shape index (κ1) is 11.3. The number of aliphatic hydroxyl groups excluding tert-OH is 1. The molecule has 1 N–H and O–H groups in total. The number of pyridine rings is 1. The molecular weight excluding hydrogens is 215 g/mol. The molecule has 0 aliphatic rings. The van der Waals surface area contributed by atoms with Gasteiger partial charge in [0, 0.05) is 11.8 Å². The summed E-state index contributed by atoms with van der Waals surface area (Å²) >= 11 is 1.32. The Balaban J connectivity index is 2.87. The second-order valence-electron chi connectivity index (χ2n) is 2.58. The third kappa shape index (κ3) is 2.62. The molecule has 2 nitrogen and oxygen atoms in total. The Morgan fingerprint density at radius 3 is 2.43 bits per heavy atom. The molecule has 0 fully saturated rings. The Morgan fingerprint density at radius 2 is 2.07 bits per heavy atom. The molecule has 0 spiro atoms. The molecule has 0 aliphatic carbocycles. The van der Waals surface area contributed by atoms with Crippen molar-refractivity contribution in [1.29, 1.82) is 0 Å². The van der Waals surface area contributed by atoms with Crippen LogP contribution in [0.15, 0.2) is 23.4 Å². The van der Waals surface area contributed by atoms with Gasteiger partial charge in [-0.05, 0) is 12.3 Å². The molecule has 0 saturated heterocycles. The first-order chi connectivity index (χ1) is 6.45. The van der Waals surface area contributed by atoms with Gasteiger partial charge in [0.25, 0.3) is 0 Å². The molecule has 0 aliphatic heterocycles. The van der Waals surface area contributed by atoms with Gasteiger partial charge in [-0.15, -0.1) is 11.8 Å². The highest BCUT2D eigenvalue weighted by molar-refractivity contribution is 7.98. The van der Waals surface area contributed by atoms with Crippen LogP contribution in [0.2, 0.25) is 0 Å². The van der Waals surface area contributed by atoms with E-state index in [0.29, 0.717) is 5.03 Å². The van der Waals surface area contributed by atoms with Gasteiger partial charge >= 0.3 is 6.18 Å². The summed E-state index contributed by atoms with van der Waals surface area (Å²) in [6, 6.07) is 2.66. The number of halogens is 3. The van der Waals surface area contributed by atoms with Crippen molar-refractivity contribution >= 4 is 11.8 Å². The molecule has 6 heteroatoms. The zero-order valence-electron chi connectivity index (χ0n) is 7.25. The minimum atomic E-state index is -4.64. The fourth-order valence-electron chi connectivity index (χ4n) is 0.863. The van der Waals surface area contributed by atoms with Gasteiger partial charge in [0.15, 0.2) is 6.10 Å². The molecule has 1 aromatic rings. The summed E-state index contributed by atoms with van der Waals surface area (Å²) in [4.78, 5) is 3.73. The van der Waals surface area contributed by atoms with E-state index in [4.69, 9.17) is 5.11 Å². The number of hydrogen-bond donors (Lipinski definition) is 1. The van der Waals surface area contributed by atoms with E-state index in [0.717, 1.165) is 6.20 Å². The van der Waals surface area contributed by atoms with E-state index in [1.807, 2.05) is 0 Å². The molecule has 78 valence electrons. The summed E-state index contributed by atoms with van der Waals surface area (Å²) in [6.07, 6.45) is -4.29. The Bertz CT molecular complexity index is 298. The predicted octanol–water partition coefficient (Wildman–Crippen LogP) is 2.40. The van der Waals surface area contributed by atoms with Crippen LogP contribution < -0.4 is 0 Å². The van der Waals surface area contributed by atoms with Gasteiger partial charge in [0.2, 0.25) is 0 Å². The highest BCUT2D eigenvalue weighted by Gasteiger charge is 2.39. The standard InChI is InChI=1S/C8H8F3NOS/c1-14-6-3-2-5(4-12-6)7(13)8(9,10)11/h2-4,7,13H,1H3. The van der Waals surface area contributed by atoms with E-state index in [-0.39, 0.29) is 5.56 Å². The van der Waals surface area contributed by atoms with Gasteiger partial charge in [-0.25, -0.2) is 4.98 Å². The second-order valence-corrected chi connectivity index (χ2v) is 3.40. The normalized spacial score (nSPS) is 14.1. The fraction of sp³-hybridized carbons (Fsp3) is 0.375. The maximum absolute atomic E-state index is 12.0. The van der Waals surface area contributed by atoms with E-state index in [1.165, 1.54) is 23.9 Å². The molecule has 0 radical (unpaired) electrons. The zero-order valence-corrected chi connectivity index (χ0v) is 8.06. The summed E-state index contributed by atoms with van der Waals surface area (Å²) in [5.41, 5.74) is -0.240. The SMILES string of the molecule is CSc1ccc(C(O)C(F)(F)F)cn1. The molecule has 0 bridgehead atoms. The third-order valence-electron chi connectivity index (χ3n) is 1.59. The van der Waals surface area contributed by atoms with Crippen LogP contribution in [0, 0.1) is 0 Å². The van der Waals surface area contributed by atoms with E-state index in [2.05, 4.69) is 4.98 Å². The predicted molar refractivity (Wildman–Crippen MR) is 47.0 cm³/mol. The number of thioether (sulfide) groups is 1. The number of alkyl halides is 3. The van der Waals surface area contributed by atoms with Crippen LogP contribution in [0.5, 0.6) is 0 Å². The molecule has 1 rings (SSSR count). The number of aromatic nitrogens is 1. The summed E-state index contributed by atoms with van der Waals surface area (Å²) < 4.78 is 36.1. The van der Waals surface area contributed by atoms with Crippen LogP contribution in [-0.4, -0.2) is 22.5 Å². The molecule has 1 unspecified atom stereocenters. The van der Waals surface area contributed by atoms with Crippen LogP contribution in [-0.2, 0) is 0 Å². The molecule has 0 saturated carbocycles. The lowest BCUT2D eigenvalue weighted by Gasteiger charge is -2.14.